The zero-order valence-electron chi connectivity index (χ0n) is 22.0. The highest BCUT2D eigenvalue weighted by atomic mass is 16.5. The van der Waals surface area contributed by atoms with Crippen molar-refractivity contribution in [1.82, 2.24) is 15.5 Å². The summed E-state index contributed by atoms with van der Waals surface area (Å²) in [7, 11) is 1.29. The van der Waals surface area contributed by atoms with Crippen LogP contribution in [0.5, 0.6) is 0 Å². The summed E-state index contributed by atoms with van der Waals surface area (Å²) < 4.78 is 4.87. The van der Waals surface area contributed by atoms with E-state index in [2.05, 4.69) is 10.6 Å². The van der Waals surface area contributed by atoms with Gasteiger partial charge in [0.25, 0.3) is 5.91 Å². The van der Waals surface area contributed by atoms with Crippen molar-refractivity contribution >= 4 is 29.3 Å². The number of fused-ring (bicyclic) bond motifs is 2. The third-order valence-corrected chi connectivity index (χ3v) is 6.73. The molecule has 3 atom stereocenters. The summed E-state index contributed by atoms with van der Waals surface area (Å²) >= 11 is 0. The first-order chi connectivity index (χ1) is 17.1. The lowest BCUT2D eigenvalue weighted by atomic mass is 9.83. The van der Waals surface area contributed by atoms with Crippen LogP contribution < -0.4 is 10.6 Å². The number of nitrogens with one attached hydrogen (secondary N) is 2. The van der Waals surface area contributed by atoms with E-state index in [0.29, 0.717) is 24.9 Å². The minimum atomic E-state index is -0.809. The fourth-order valence-electron chi connectivity index (χ4n) is 5.09. The van der Waals surface area contributed by atoms with Crippen LogP contribution in [-0.4, -0.2) is 60.4 Å². The number of carbonyl (C=O) groups is 4. The Morgan fingerprint density at radius 2 is 1.64 bits per heavy atom. The normalized spacial score (nSPS) is 20.0. The highest BCUT2D eigenvalue weighted by Crippen LogP contribution is 2.37. The maximum Gasteiger partial charge on any atom is 0.328 e. The molecule has 3 rings (SSSR count). The molecule has 2 aliphatic heterocycles. The Morgan fingerprint density at radius 1 is 1.00 bits per heavy atom. The Morgan fingerprint density at radius 3 is 2.28 bits per heavy atom. The molecular formula is C28H39N3O5. The number of piperidine rings is 1. The molecular weight excluding hydrogens is 458 g/mol. The average molecular weight is 498 g/mol. The first kappa shape index (κ1) is 27.4. The van der Waals surface area contributed by atoms with E-state index >= 15 is 0 Å². The van der Waals surface area contributed by atoms with Crippen molar-refractivity contribution in [3.8, 4) is 0 Å². The van der Waals surface area contributed by atoms with Gasteiger partial charge in [-0.25, -0.2) is 4.79 Å². The lowest BCUT2D eigenvalue weighted by Gasteiger charge is -2.41. The first-order valence-electron chi connectivity index (χ1n) is 12.9. The van der Waals surface area contributed by atoms with E-state index < -0.39 is 24.0 Å². The van der Waals surface area contributed by atoms with Gasteiger partial charge in [-0.1, -0.05) is 45.9 Å². The molecule has 0 saturated carbocycles. The summed E-state index contributed by atoms with van der Waals surface area (Å²) in [5, 5.41) is 5.64. The van der Waals surface area contributed by atoms with E-state index in [0.717, 1.165) is 30.4 Å². The van der Waals surface area contributed by atoms with Gasteiger partial charge in [-0.05, 0) is 61.1 Å². The van der Waals surface area contributed by atoms with Crippen molar-refractivity contribution in [2.75, 3.05) is 13.7 Å². The third-order valence-electron chi connectivity index (χ3n) is 6.73. The molecule has 2 N–H and O–H groups in total. The lowest BCUT2D eigenvalue weighted by Crippen LogP contribution is -2.52. The van der Waals surface area contributed by atoms with E-state index in [4.69, 9.17) is 4.74 Å². The quantitative estimate of drug-likeness (QED) is 0.402. The zero-order valence-corrected chi connectivity index (χ0v) is 22.0. The number of ether oxygens (including phenoxy) is 1. The third kappa shape index (κ3) is 6.53. The van der Waals surface area contributed by atoms with Crippen molar-refractivity contribution in [3.63, 3.8) is 0 Å². The van der Waals surface area contributed by atoms with E-state index in [1.54, 1.807) is 12.1 Å². The van der Waals surface area contributed by atoms with Gasteiger partial charge in [-0.2, -0.15) is 0 Å². The molecule has 8 nitrogen and oxygen atoms in total. The Balaban J connectivity index is 1.85. The Bertz CT molecular complexity index is 1020. The van der Waals surface area contributed by atoms with Crippen molar-refractivity contribution < 1.29 is 23.9 Å². The van der Waals surface area contributed by atoms with Crippen LogP contribution >= 0.6 is 0 Å². The standard InChI is InChI=1S/C28H39N3O5/c1-17(2)14-22(26(33)30-23(15-18(3)4)28(35)36-5)29-25(32)16-21-19-10-6-7-11-20(19)27(34)31-13-9-8-12-24(21)31/h6-7,10-11,16-18,22-24H,8-9,12-15H2,1-5H3,(H,29,32)(H,30,33)/b21-16-/t22-,23+,24+/m1/s1. The lowest BCUT2D eigenvalue weighted by molar-refractivity contribution is -0.145. The summed E-state index contributed by atoms with van der Waals surface area (Å²) in [5.41, 5.74) is 2.17. The predicted octanol–water partition coefficient (Wildman–Crippen LogP) is 3.31. The second-order valence-electron chi connectivity index (χ2n) is 10.6. The van der Waals surface area contributed by atoms with Gasteiger partial charge >= 0.3 is 5.97 Å². The van der Waals surface area contributed by atoms with Crippen molar-refractivity contribution in [2.24, 2.45) is 11.8 Å². The molecule has 3 amide bonds. The molecule has 2 heterocycles. The van der Waals surface area contributed by atoms with Crippen molar-refractivity contribution in [3.05, 3.63) is 41.5 Å². The maximum absolute atomic E-state index is 13.3. The zero-order chi connectivity index (χ0) is 26.4. The number of nitrogens with zero attached hydrogens (tertiary/aromatic N) is 1. The number of amides is 3. The van der Waals surface area contributed by atoms with Crippen LogP contribution in [0.1, 0.15) is 75.7 Å². The van der Waals surface area contributed by atoms with Crippen LogP contribution in [0.25, 0.3) is 5.57 Å². The summed E-state index contributed by atoms with van der Waals surface area (Å²) in [6.45, 7) is 8.53. The number of esters is 1. The molecule has 0 aliphatic carbocycles. The SMILES string of the molecule is COC(=O)[C@H](CC(C)C)NC(=O)[C@@H](CC(C)C)NC(=O)/C=C1/c2ccccc2C(=O)N2CCCC[C@@H]12. The second-order valence-corrected chi connectivity index (χ2v) is 10.6. The smallest absolute Gasteiger partial charge is 0.328 e. The van der Waals surface area contributed by atoms with Crippen LogP contribution in [0.15, 0.2) is 30.3 Å². The van der Waals surface area contributed by atoms with Gasteiger partial charge in [0.15, 0.2) is 0 Å². The molecule has 36 heavy (non-hydrogen) atoms. The number of carbonyl (C=O) groups excluding carboxylic acids is 4. The fraction of sp³-hybridized carbons (Fsp3) is 0.571. The van der Waals surface area contributed by atoms with Crippen LogP contribution in [0.2, 0.25) is 0 Å². The molecule has 8 heteroatoms. The molecule has 1 aromatic rings. The van der Waals surface area contributed by atoms with Gasteiger partial charge in [-0.3, -0.25) is 14.4 Å². The molecule has 1 saturated heterocycles. The molecule has 2 aliphatic rings. The maximum atomic E-state index is 13.3. The van der Waals surface area contributed by atoms with E-state index in [1.165, 1.54) is 7.11 Å². The summed E-state index contributed by atoms with van der Waals surface area (Å²) in [6.07, 6.45) is 5.12. The van der Waals surface area contributed by atoms with E-state index in [-0.39, 0.29) is 29.7 Å². The van der Waals surface area contributed by atoms with Gasteiger partial charge in [0.1, 0.15) is 12.1 Å². The number of rotatable bonds is 9. The van der Waals surface area contributed by atoms with Crippen molar-refractivity contribution in [2.45, 2.75) is 77.9 Å². The van der Waals surface area contributed by atoms with Crippen molar-refractivity contribution in [1.29, 1.82) is 0 Å². The molecule has 0 unspecified atom stereocenters. The van der Waals surface area contributed by atoms with Gasteiger partial charge in [0, 0.05) is 18.2 Å². The van der Waals surface area contributed by atoms with Crippen LogP contribution in [-0.2, 0) is 19.1 Å². The average Bonchev–Trinajstić information content (AvgIpc) is 2.84. The minimum absolute atomic E-state index is 0.00363. The molecule has 1 fully saturated rings. The van der Waals surface area contributed by atoms with Gasteiger partial charge in [0.2, 0.25) is 11.8 Å². The number of benzene rings is 1. The molecule has 0 aromatic heterocycles. The van der Waals surface area contributed by atoms with Gasteiger partial charge < -0.3 is 20.3 Å². The first-order valence-corrected chi connectivity index (χ1v) is 12.9. The number of methoxy groups -OCH3 is 1. The highest BCUT2D eigenvalue weighted by molar-refractivity contribution is 6.07. The minimum Gasteiger partial charge on any atom is -0.467 e. The Kier molecular flexibility index (Phi) is 9.29. The Hall–Kier alpha value is -3.16. The number of hydrogen-bond donors (Lipinski definition) is 2. The molecule has 1 aromatic carbocycles. The second kappa shape index (κ2) is 12.2. The van der Waals surface area contributed by atoms with Gasteiger partial charge in [-0.15, -0.1) is 0 Å². The van der Waals surface area contributed by atoms with Crippen LogP contribution in [0.4, 0.5) is 0 Å². The van der Waals surface area contributed by atoms with Crippen LogP contribution in [0.3, 0.4) is 0 Å². The van der Waals surface area contributed by atoms with Gasteiger partial charge in [0.05, 0.1) is 13.2 Å². The fourth-order valence-corrected chi connectivity index (χ4v) is 5.09. The van der Waals surface area contributed by atoms with E-state index in [1.807, 2.05) is 50.8 Å². The molecule has 0 bridgehead atoms. The molecule has 0 spiro atoms. The Labute approximate surface area is 213 Å². The monoisotopic (exact) mass is 497 g/mol. The van der Waals surface area contributed by atoms with Crippen LogP contribution in [0, 0.1) is 11.8 Å². The summed E-state index contributed by atoms with van der Waals surface area (Å²) in [4.78, 5) is 53.6. The highest BCUT2D eigenvalue weighted by Gasteiger charge is 2.37. The number of hydrogen-bond acceptors (Lipinski definition) is 5. The molecule has 0 radical (unpaired) electrons. The summed E-state index contributed by atoms with van der Waals surface area (Å²) in [6, 6.07) is 5.63. The van der Waals surface area contributed by atoms with E-state index in [9.17, 15) is 19.2 Å². The predicted molar refractivity (Wildman–Crippen MR) is 138 cm³/mol. The summed E-state index contributed by atoms with van der Waals surface area (Å²) in [5.74, 6) is -0.996. The molecule has 196 valence electrons. The topological polar surface area (TPSA) is 105 Å². The largest absolute Gasteiger partial charge is 0.467 e.